The molecule has 84 valence electrons. The smallest absolute Gasteiger partial charge is 0.237 e. The van der Waals surface area contributed by atoms with Gasteiger partial charge in [0.25, 0.3) is 0 Å². The predicted molar refractivity (Wildman–Crippen MR) is 55.9 cm³/mol. The Kier molecular flexibility index (Phi) is 3.47. The maximum Gasteiger partial charge on any atom is 0.237 e. The predicted octanol–water partition coefficient (Wildman–Crippen LogP) is 2.07. The number of halogens is 3. The normalized spacial score (nSPS) is 11.7. The summed E-state index contributed by atoms with van der Waals surface area (Å²) in [5, 5.41) is 18.3. The van der Waals surface area contributed by atoms with E-state index >= 15 is 0 Å². The molecule has 0 saturated heterocycles. The minimum Gasteiger partial charge on any atom is -0.504 e. The monoisotopic (exact) mass is 318 g/mol. The van der Waals surface area contributed by atoms with Gasteiger partial charge in [-0.15, -0.1) is 0 Å². The molecule has 0 unspecified atom stereocenters. The molecular formula is C7H5BrClFO4S. The molecular weight excluding hydrogens is 314 g/mol. The highest BCUT2D eigenvalue weighted by atomic mass is 79.9. The molecule has 0 bridgehead atoms. The zero-order valence-corrected chi connectivity index (χ0v) is 10.2. The maximum atomic E-state index is 13.3. The molecule has 2 N–H and O–H groups in total. The lowest BCUT2D eigenvalue weighted by atomic mass is 10.2. The van der Waals surface area contributed by atoms with Crippen LogP contribution in [0.3, 0.4) is 0 Å². The van der Waals surface area contributed by atoms with Crippen LogP contribution >= 0.6 is 26.6 Å². The quantitative estimate of drug-likeness (QED) is 0.646. The Bertz CT molecular complexity index is 476. The first kappa shape index (κ1) is 12.5. The molecule has 15 heavy (non-hydrogen) atoms. The Hall–Kier alpha value is -0.530. The molecule has 0 heterocycles. The number of benzene rings is 1. The van der Waals surface area contributed by atoms with Gasteiger partial charge in [0.05, 0.1) is 15.8 Å². The SMILES string of the molecule is O=S(=O)(Cl)Cc1c(O)c(O)cc(Br)c1F. The van der Waals surface area contributed by atoms with Crippen LogP contribution in [-0.2, 0) is 14.8 Å². The lowest BCUT2D eigenvalue weighted by Crippen LogP contribution is -1.99. The van der Waals surface area contributed by atoms with Crippen LogP contribution in [-0.4, -0.2) is 18.6 Å². The molecule has 0 aliphatic carbocycles. The number of rotatable bonds is 2. The van der Waals surface area contributed by atoms with E-state index in [1.807, 2.05) is 0 Å². The molecule has 1 aromatic rings. The summed E-state index contributed by atoms with van der Waals surface area (Å²) in [4.78, 5) is 0. The maximum absolute atomic E-state index is 13.3. The Morgan fingerprint density at radius 3 is 2.47 bits per heavy atom. The fraction of sp³-hybridized carbons (Fsp3) is 0.143. The topological polar surface area (TPSA) is 74.6 Å². The number of aromatic hydroxyl groups is 2. The molecule has 4 nitrogen and oxygen atoms in total. The third-order valence-corrected chi connectivity index (χ3v) is 3.12. The highest BCUT2D eigenvalue weighted by molar-refractivity contribution is 9.10. The second kappa shape index (κ2) is 4.15. The zero-order valence-electron chi connectivity index (χ0n) is 7.04. The molecule has 0 radical (unpaired) electrons. The largest absolute Gasteiger partial charge is 0.504 e. The summed E-state index contributed by atoms with van der Waals surface area (Å²) >= 11 is 2.75. The van der Waals surface area contributed by atoms with E-state index in [-0.39, 0.29) is 4.47 Å². The van der Waals surface area contributed by atoms with Gasteiger partial charge in [0.15, 0.2) is 11.5 Å². The van der Waals surface area contributed by atoms with Crippen LogP contribution in [0.5, 0.6) is 11.5 Å². The van der Waals surface area contributed by atoms with Gasteiger partial charge in [-0.1, -0.05) is 0 Å². The highest BCUT2D eigenvalue weighted by Crippen LogP contribution is 2.36. The molecule has 0 aliphatic heterocycles. The second-order valence-corrected chi connectivity index (χ2v) is 6.33. The Morgan fingerprint density at radius 2 is 2.00 bits per heavy atom. The van der Waals surface area contributed by atoms with E-state index in [0.717, 1.165) is 6.07 Å². The molecule has 0 aliphatic rings. The van der Waals surface area contributed by atoms with Crippen molar-refractivity contribution in [2.45, 2.75) is 5.75 Å². The van der Waals surface area contributed by atoms with Crippen LogP contribution in [0.15, 0.2) is 10.5 Å². The van der Waals surface area contributed by atoms with Gasteiger partial charge >= 0.3 is 0 Å². The van der Waals surface area contributed by atoms with Gasteiger partial charge in [-0.3, -0.25) is 0 Å². The number of hydrogen-bond donors (Lipinski definition) is 2. The Morgan fingerprint density at radius 1 is 1.47 bits per heavy atom. The molecule has 0 spiro atoms. The fourth-order valence-electron chi connectivity index (χ4n) is 0.959. The molecule has 0 fully saturated rings. The minimum atomic E-state index is -4.02. The van der Waals surface area contributed by atoms with Crippen molar-refractivity contribution in [3.05, 3.63) is 21.9 Å². The average molecular weight is 320 g/mol. The van der Waals surface area contributed by atoms with E-state index in [4.69, 9.17) is 15.8 Å². The molecule has 0 amide bonds. The summed E-state index contributed by atoms with van der Waals surface area (Å²) in [5.41, 5.74) is -0.572. The molecule has 1 aromatic carbocycles. The lowest BCUT2D eigenvalue weighted by molar-refractivity contribution is 0.394. The van der Waals surface area contributed by atoms with Gasteiger partial charge < -0.3 is 10.2 Å². The van der Waals surface area contributed by atoms with Gasteiger partial charge in [0, 0.05) is 16.7 Å². The Balaban J connectivity index is 3.40. The summed E-state index contributed by atoms with van der Waals surface area (Å²) < 4.78 is 34.6. The van der Waals surface area contributed by atoms with E-state index in [2.05, 4.69) is 15.9 Å². The summed E-state index contributed by atoms with van der Waals surface area (Å²) in [5.74, 6) is -3.34. The third-order valence-electron chi connectivity index (χ3n) is 1.58. The van der Waals surface area contributed by atoms with Crippen molar-refractivity contribution in [2.24, 2.45) is 0 Å². The van der Waals surface area contributed by atoms with Crippen molar-refractivity contribution in [1.82, 2.24) is 0 Å². The van der Waals surface area contributed by atoms with Crippen LogP contribution in [0, 0.1) is 5.82 Å². The van der Waals surface area contributed by atoms with E-state index in [1.165, 1.54) is 0 Å². The third kappa shape index (κ3) is 2.96. The van der Waals surface area contributed by atoms with Gasteiger partial charge in [0.2, 0.25) is 9.05 Å². The van der Waals surface area contributed by atoms with Crippen molar-refractivity contribution >= 4 is 35.7 Å². The first-order chi connectivity index (χ1) is 6.72. The van der Waals surface area contributed by atoms with Crippen LogP contribution in [0.1, 0.15) is 5.56 Å². The van der Waals surface area contributed by atoms with Crippen LogP contribution in [0.2, 0.25) is 0 Å². The Labute approximate surface area is 97.9 Å². The van der Waals surface area contributed by atoms with Gasteiger partial charge in [0.1, 0.15) is 5.82 Å². The molecule has 0 saturated carbocycles. The number of phenols is 2. The molecule has 8 heteroatoms. The number of phenolic OH excluding ortho intramolecular Hbond substituents is 2. The summed E-state index contributed by atoms with van der Waals surface area (Å²) in [6, 6.07) is 0.912. The van der Waals surface area contributed by atoms with Crippen molar-refractivity contribution in [1.29, 1.82) is 0 Å². The second-order valence-electron chi connectivity index (χ2n) is 2.70. The number of hydrogen-bond acceptors (Lipinski definition) is 4. The molecule has 0 atom stereocenters. The standard InChI is InChI=1S/C7H5BrClFO4S/c8-4-1-5(11)7(12)3(6(4)10)2-15(9,13)14/h1,11-12H,2H2. The van der Waals surface area contributed by atoms with E-state index in [9.17, 15) is 17.9 Å². The first-order valence-corrected chi connectivity index (χ1v) is 6.80. The van der Waals surface area contributed by atoms with Crippen molar-refractivity contribution in [3.63, 3.8) is 0 Å². The van der Waals surface area contributed by atoms with E-state index in [1.54, 1.807) is 0 Å². The van der Waals surface area contributed by atoms with E-state index in [0.29, 0.717) is 0 Å². The minimum absolute atomic E-state index is 0.159. The first-order valence-electron chi connectivity index (χ1n) is 3.53. The van der Waals surface area contributed by atoms with Gasteiger partial charge in [-0.05, 0) is 15.9 Å². The lowest BCUT2D eigenvalue weighted by Gasteiger charge is -2.07. The zero-order chi connectivity index (χ0) is 11.8. The van der Waals surface area contributed by atoms with Crippen LogP contribution in [0.4, 0.5) is 4.39 Å². The van der Waals surface area contributed by atoms with Crippen LogP contribution < -0.4 is 0 Å². The molecule has 1 rings (SSSR count). The highest BCUT2D eigenvalue weighted by Gasteiger charge is 2.21. The summed E-state index contributed by atoms with van der Waals surface area (Å²) in [6.45, 7) is 0. The van der Waals surface area contributed by atoms with Gasteiger partial charge in [-0.25, -0.2) is 12.8 Å². The summed E-state index contributed by atoms with van der Waals surface area (Å²) in [6.07, 6.45) is 0. The van der Waals surface area contributed by atoms with Crippen molar-refractivity contribution < 1.29 is 23.0 Å². The van der Waals surface area contributed by atoms with Crippen LogP contribution in [0.25, 0.3) is 0 Å². The van der Waals surface area contributed by atoms with E-state index < -0.39 is 37.7 Å². The van der Waals surface area contributed by atoms with Gasteiger partial charge in [-0.2, -0.15) is 0 Å². The summed E-state index contributed by atoms with van der Waals surface area (Å²) in [7, 11) is 0.898. The van der Waals surface area contributed by atoms with Crippen molar-refractivity contribution in [2.75, 3.05) is 0 Å². The average Bonchev–Trinajstić information content (AvgIpc) is 2.08. The fourth-order valence-corrected chi connectivity index (χ4v) is 2.35. The van der Waals surface area contributed by atoms with Crippen molar-refractivity contribution in [3.8, 4) is 11.5 Å². The molecule has 0 aromatic heterocycles.